The van der Waals surface area contributed by atoms with E-state index in [1.165, 1.54) is 22.3 Å². The maximum absolute atomic E-state index is 5.94. The van der Waals surface area contributed by atoms with Crippen molar-refractivity contribution in [3.05, 3.63) is 47.6 Å². The second-order valence-electron chi connectivity index (χ2n) is 5.95. The number of benzene rings is 1. The Morgan fingerprint density at radius 2 is 2.06 bits per heavy atom. The van der Waals surface area contributed by atoms with Crippen LogP contribution >= 0.6 is 0 Å². The molecule has 1 unspecified atom stereocenters. The highest BCUT2D eigenvalue weighted by Gasteiger charge is 2.35. The lowest BCUT2D eigenvalue weighted by Gasteiger charge is -2.22. The summed E-state index contributed by atoms with van der Waals surface area (Å²) in [5.41, 5.74) is 12.6. The molecule has 1 aromatic rings. The summed E-state index contributed by atoms with van der Waals surface area (Å²) in [4.78, 5) is 0. The summed E-state index contributed by atoms with van der Waals surface area (Å²) in [6.45, 7) is 12.9. The van der Waals surface area contributed by atoms with Crippen LogP contribution in [0.3, 0.4) is 0 Å². The predicted molar refractivity (Wildman–Crippen MR) is 80.5 cm³/mol. The van der Waals surface area contributed by atoms with Gasteiger partial charge in [-0.15, -0.1) is 6.58 Å². The molecule has 96 valence electrons. The topological polar surface area (TPSA) is 26.0 Å². The molecule has 1 aliphatic carbocycles. The van der Waals surface area contributed by atoms with Gasteiger partial charge in [0.05, 0.1) is 0 Å². The van der Waals surface area contributed by atoms with E-state index in [4.69, 9.17) is 5.73 Å². The Balaban J connectivity index is 2.54. The minimum Gasteiger partial charge on any atom is -0.399 e. The number of fused-ring (bicyclic) bond motifs is 1. The van der Waals surface area contributed by atoms with Gasteiger partial charge in [0.1, 0.15) is 0 Å². The van der Waals surface area contributed by atoms with Gasteiger partial charge in [0.25, 0.3) is 0 Å². The Hall–Kier alpha value is -1.50. The van der Waals surface area contributed by atoms with Crippen molar-refractivity contribution in [3.8, 4) is 0 Å². The molecule has 0 aromatic heterocycles. The minimum atomic E-state index is 0.0982. The lowest BCUT2D eigenvalue weighted by molar-refractivity contribution is 0.636. The number of hydrogen-bond donors (Lipinski definition) is 1. The van der Waals surface area contributed by atoms with E-state index in [1.807, 2.05) is 12.1 Å². The first kappa shape index (κ1) is 12.9. The van der Waals surface area contributed by atoms with Crippen LogP contribution in [0.4, 0.5) is 5.69 Å². The van der Waals surface area contributed by atoms with Crippen LogP contribution < -0.4 is 5.73 Å². The first-order chi connectivity index (χ1) is 8.37. The van der Waals surface area contributed by atoms with Crippen LogP contribution in [-0.2, 0) is 5.41 Å². The number of allylic oxidation sites excluding steroid dienone is 3. The highest BCUT2D eigenvalue weighted by molar-refractivity contribution is 5.81. The van der Waals surface area contributed by atoms with Crippen LogP contribution in [0.2, 0.25) is 0 Å². The van der Waals surface area contributed by atoms with Gasteiger partial charge in [-0.2, -0.15) is 0 Å². The average molecular weight is 241 g/mol. The minimum absolute atomic E-state index is 0.0982. The van der Waals surface area contributed by atoms with Crippen molar-refractivity contribution < 1.29 is 0 Å². The molecule has 2 N–H and O–H groups in total. The Morgan fingerprint density at radius 3 is 2.67 bits per heavy atom. The van der Waals surface area contributed by atoms with Gasteiger partial charge < -0.3 is 5.73 Å². The Morgan fingerprint density at radius 1 is 1.39 bits per heavy atom. The van der Waals surface area contributed by atoms with E-state index in [-0.39, 0.29) is 5.41 Å². The maximum Gasteiger partial charge on any atom is 0.0317 e. The van der Waals surface area contributed by atoms with Crippen molar-refractivity contribution in [1.29, 1.82) is 0 Å². The van der Waals surface area contributed by atoms with Crippen LogP contribution in [0.15, 0.2) is 36.4 Å². The average Bonchev–Trinajstić information content (AvgIpc) is 2.51. The molecule has 1 heteroatoms. The number of hydrogen-bond acceptors (Lipinski definition) is 1. The van der Waals surface area contributed by atoms with E-state index in [2.05, 4.69) is 46.4 Å². The zero-order valence-electron chi connectivity index (χ0n) is 11.9. The van der Waals surface area contributed by atoms with Crippen molar-refractivity contribution in [1.82, 2.24) is 0 Å². The normalized spacial score (nSPS) is 18.7. The Kier molecular flexibility index (Phi) is 3.10. The van der Waals surface area contributed by atoms with Crippen LogP contribution in [0.5, 0.6) is 0 Å². The Bertz CT molecular complexity index is 520. The van der Waals surface area contributed by atoms with Crippen molar-refractivity contribution in [3.63, 3.8) is 0 Å². The third-order valence-corrected chi connectivity index (χ3v) is 4.36. The van der Waals surface area contributed by atoms with Gasteiger partial charge in [-0.25, -0.2) is 0 Å². The standard InChI is InChI=1S/C17H23N/c1-6-11(2)9-15-12(3)17(4,5)16-10-13(18)7-8-14(15)16/h6-8,10-11H,1,9,18H2,2-5H3. The third kappa shape index (κ3) is 1.88. The molecule has 1 aliphatic rings. The fraction of sp³-hybridized carbons (Fsp3) is 0.412. The van der Waals surface area contributed by atoms with Crippen molar-refractivity contribution in [2.75, 3.05) is 5.73 Å². The number of rotatable bonds is 3. The van der Waals surface area contributed by atoms with Crippen LogP contribution in [0.25, 0.3) is 5.57 Å². The van der Waals surface area contributed by atoms with Gasteiger partial charge in [-0.3, -0.25) is 0 Å². The zero-order valence-corrected chi connectivity index (χ0v) is 11.9. The number of anilines is 1. The van der Waals surface area contributed by atoms with E-state index >= 15 is 0 Å². The fourth-order valence-electron chi connectivity index (χ4n) is 2.79. The van der Waals surface area contributed by atoms with E-state index < -0.39 is 0 Å². The quantitative estimate of drug-likeness (QED) is 0.610. The lowest BCUT2D eigenvalue weighted by Crippen LogP contribution is -2.15. The first-order valence-electron chi connectivity index (χ1n) is 6.61. The van der Waals surface area contributed by atoms with Crippen molar-refractivity contribution in [2.45, 2.75) is 39.5 Å². The van der Waals surface area contributed by atoms with Gasteiger partial charge in [0.2, 0.25) is 0 Å². The zero-order chi connectivity index (χ0) is 13.5. The number of nitrogen functional groups attached to an aromatic ring is 1. The number of nitrogens with two attached hydrogens (primary N) is 1. The monoisotopic (exact) mass is 241 g/mol. The SMILES string of the molecule is C=CC(C)CC1=C(C)C(C)(C)c2cc(N)ccc21. The molecule has 0 fully saturated rings. The predicted octanol–water partition coefficient (Wildman–Crippen LogP) is 4.55. The van der Waals surface area contributed by atoms with Gasteiger partial charge in [0, 0.05) is 11.1 Å². The van der Waals surface area contributed by atoms with Crippen LogP contribution in [0.1, 0.15) is 45.2 Å². The second kappa shape index (κ2) is 4.31. The summed E-state index contributed by atoms with van der Waals surface area (Å²) < 4.78 is 0. The van der Waals surface area contributed by atoms with Gasteiger partial charge in [-0.05, 0) is 48.1 Å². The molecular weight excluding hydrogens is 218 g/mol. The van der Waals surface area contributed by atoms with Crippen LogP contribution in [-0.4, -0.2) is 0 Å². The van der Waals surface area contributed by atoms with Crippen LogP contribution in [0, 0.1) is 5.92 Å². The van der Waals surface area contributed by atoms with Crippen molar-refractivity contribution >= 4 is 11.3 Å². The van der Waals surface area contributed by atoms with E-state index in [9.17, 15) is 0 Å². The molecule has 0 aliphatic heterocycles. The molecule has 1 aromatic carbocycles. The van der Waals surface area contributed by atoms with Gasteiger partial charge in [-0.1, -0.05) is 38.5 Å². The summed E-state index contributed by atoms with van der Waals surface area (Å²) in [6.07, 6.45) is 3.10. The third-order valence-electron chi connectivity index (χ3n) is 4.36. The van der Waals surface area contributed by atoms with Gasteiger partial charge in [0.15, 0.2) is 0 Å². The van der Waals surface area contributed by atoms with Crippen molar-refractivity contribution in [2.24, 2.45) is 5.92 Å². The molecule has 0 radical (unpaired) electrons. The highest BCUT2D eigenvalue weighted by atomic mass is 14.5. The fourth-order valence-corrected chi connectivity index (χ4v) is 2.79. The smallest absolute Gasteiger partial charge is 0.0317 e. The largest absolute Gasteiger partial charge is 0.399 e. The summed E-state index contributed by atoms with van der Waals surface area (Å²) in [5.74, 6) is 0.509. The molecule has 18 heavy (non-hydrogen) atoms. The van der Waals surface area contributed by atoms with E-state index in [0.29, 0.717) is 5.92 Å². The summed E-state index contributed by atoms with van der Waals surface area (Å²) in [5, 5.41) is 0. The molecule has 2 rings (SSSR count). The summed E-state index contributed by atoms with van der Waals surface area (Å²) in [7, 11) is 0. The second-order valence-corrected chi connectivity index (χ2v) is 5.95. The molecule has 0 bridgehead atoms. The lowest BCUT2D eigenvalue weighted by atomic mass is 9.82. The van der Waals surface area contributed by atoms with E-state index in [0.717, 1.165) is 12.1 Å². The molecule has 0 amide bonds. The maximum atomic E-state index is 5.94. The first-order valence-corrected chi connectivity index (χ1v) is 6.61. The molecule has 0 saturated heterocycles. The molecule has 1 atom stereocenters. The molecule has 0 heterocycles. The summed E-state index contributed by atoms with van der Waals surface area (Å²) >= 11 is 0. The molecule has 0 spiro atoms. The molecular formula is C17H23N. The summed E-state index contributed by atoms with van der Waals surface area (Å²) in [6, 6.07) is 6.31. The Labute approximate surface area is 110 Å². The molecule has 0 saturated carbocycles. The van der Waals surface area contributed by atoms with Gasteiger partial charge >= 0.3 is 0 Å². The van der Waals surface area contributed by atoms with E-state index in [1.54, 1.807) is 0 Å². The highest BCUT2D eigenvalue weighted by Crippen LogP contribution is 2.48. The molecule has 1 nitrogen and oxygen atoms in total.